The molecule has 0 spiro atoms. The number of rotatable bonds is 5. The number of amides is 1. The van der Waals surface area contributed by atoms with Crippen LogP contribution in [-0.2, 0) is 0 Å². The molecule has 0 saturated carbocycles. The zero-order chi connectivity index (χ0) is 14.5. The van der Waals surface area contributed by atoms with Crippen molar-refractivity contribution in [3.05, 3.63) is 42.2 Å². The molecule has 1 aromatic heterocycles. The maximum absolute atomic E-state index is 11.9. The summed E-state index contributed by atoms with van der Waals surface area (Å²) in [5.41, 5.74) is 7.64. The van der Waals surface area contributed by atoms with E-state index in [0.717, 1.165) is 12.1 Å². The molecule has 106 valence electrons. The summed E-state index contributed by atoms with van der Waals surface area (Å²) in [7, 11) is 0. The van der Waals surface area contributed by atoms with Crippen LogP contribution >= 0.6 is 0 Å². The molecule has 20 heavy (non-hydrogen) atoms. The second-order valence-electron chi connectivity index (χ2n) is 5.18. The van der Waals surface area contributed by atoms with Crippen molar-refractivity contribution < 1.29 is 4.79 Å². The van der Waals surface area contributed by atoms with Gasteiger partial charge in [0.15, 0.2) is 5.69 Å². The summed E-state index contributed by atoms with van der Waals surface area (Å²) >= 11 is 0. The van der Waals surface area contributed by atoms with E-state index in [9.17, 15) is 4.79 Å². The summed E-state index contributed by atoms with van der Waals surface area (Å²) < 4.78 is 1.66. The number of nitrogens with two attached hydrogens (primary N) is 1. The second kappa shape index (κ2) is 6.23. The Kier molecular flexibility index (Phi) is 4.40. The predicted octanol–water partition coefficient (Wildman–Crippen LogP) is 2.23. The lowest BCUT2D eigenvalue weighted by atomic mass is 10.1. The van der Waals surface area contributed by atoms with Crippen LogP contribution in [0.25, 0.3) is 5.69 Å². The van der Waals surface area contributed by atoms with Gasteiger partial charge < -0.3 is 11.1 Å². The van der Waals surface area contributed by atoms with Crippen LogP contribution in [0, 0.1) is 5.92 Å². The van der Waals surface area contributed by atoms with Crippen molar-refractivity contribution in [3.63, 3.8) is 0 Å². The van der Waals surface area contributed by atoms with Crippen LogP contribution in [0.4, 0.5) is 5.69 Å². The first kappa shape index (κ1) is 14.1. The molecule has 0 aliphatic heterocycles. The monoisotopic (exact) mass is 272 g/mol. The van der Waals surface area contributed by atoms with Gasteiger partial charge in [0.05, 0.1) is 5.69 Å². The number of hydrogen-bond donors (Lipinski definition) is 2. The van der Waals surface area contributed by atoms with Crippen LogP contribution in [0.1, 0.15) is 30.8 Å². The van der Waals surface area contributed by atoms with Crippen LogP contribution in [0.5, 0.6) is 0 Å². The fourth-order valence-corrected chi connectivity index (χ4v) is 1.78. The summed E-state index contributed by atoms with van der Waals surface area (Å²) in [5, 5.41) is 7.14. The minimum absolute atomic E-state index is 0.139. The molecule has 5 nitrogen and oxygen atoms in total. The number of benzene rings is 1. The SMILES string of the molecule is CC(C)CCNC(=O)c1ccn(-c2ccc(N)cc2)n1. The summed E-state index contributed by atoms with van der Waals surface area (Å²) in [6.45, 7) is 4.93. The number of aromatic nitrogens is 2. The Balaban J connectivity index is 2.01. The fourth-order valence-electron chi connectivity index (χ4n) is 1.78. The van der Waals surface area contributed by atoms with Gasteiger partial charge in [-0.15, -0.1) is 0 Å². The zero-order valence-corrected chi connectivity index (χ0v) is 11.8. The first-order valence-electron chi connectivity index (χ1n) is 6.76. The van der Waals surface area contributed by atoms with Gasteiger partial charge in [0.2, 0.25) is 0 Å². The van der Waals surface area contributed by atoms with Gasteiger partial charge in [-0.1, -0.05) is 13.8 Å². The van der Waals surface area contributed by atoms with Gasteiger partial charge in [0.1, 0.15) is 0 Å². The molecule has 0 aliphatic rings. The molecule has 2 rings (SSSR count). The van der Waals surface area contributed by atoms with E-state index in [1.54, 1.807) is 29.1 Å². The minimum atomic E-state index is -0.139. The summed E-state index contributed by atoms with van der Waals surface area (Å²) in [6.07, 6.45) is 2.73. The largest absolute Gasteiger partial charge is 0.399 e. The Hall–Kier alpha value is -2.30. The van der Waals surface area contributed by atoms with Gasteiger partial charge in [-0.25, -0.2) is 4.68 Å². The van der Waals surface area contributed by atoms with E-state index in [0.29, 0.717) is 23.8 Å². The smallest absolute Gasteiger partial charge is 0.271 e. The summed E-state index contributed by atoms with van der Waals surface area (Å²) in [4.78, 5) is 11.9. The predicted molar refractivity (Wildman–Crippen MR) is 79.8 cm³/mol. The first-order valence-corrected chi connectivity index (χ1v) is 6.76. The van der Waals surface area contributed by atoms with Crippen molar-refractivity contribution in [3.8, 4) is 5.69 Å². The molecular weight excluding hydrogens is 252 g/mol. The van der Waals surface area contributed by atoms with Gasteiger partial charge in [-0.3, -0.25) is 4.79 Å². The minimum Gasteiger partial charge on any atom is -0.399 e. The molecule has 3 N–H and O–H groups in total. The third-order valence-electron chi connectivity index (χ3n) is 2.99. The van der Waals surface area contributed by atoms with Crippen molar-refractivity contribution in [2.75, 3.05) is 12.3 Å². The lowest BCUT2D eigenvalue weighted by Gasteiger charge is -2.05. The zero-order valence-electron chi connectivity index (χ0n) is 11.8. The quantitative estimate of drug-likeness (QED) is 0.820. The Morgan fingerprint density at radius 1 is 1.30 bits per heavy atom. The number of nitrogen functional groups attached to an aromatic ring is 1. The van der Waals surface area contributed by atoms with Crippen LogP contribution in [0.3, 0.4) is 0 Å². The lowest BCUT2D eigenvalue weighted by Crippen LogP contribution is -2.25. The van der Waals surface area contributed by atoms with E-state index >= 15 is 0 Å². The van der Waals surface area contributed by atoms with Crippen molar-refractivity contribution in [2.24, 2.45) is 5.92 Å². The lowest BCUT2D eigenvalue weighted by molar-refractivity contribution is 0.0946. The molecule has 0 aliphatic carbocycles. The Labute approximate surface area is 118 Å². The van der Waals surface area contributed by atoms with Gasteiger partial charge in [0, 0.05) is 18.4 Å². The van der Waals surface area contributed by atoms with Gasteiger partial charge in [0.25, 0.3) is 5.91 Å². The van der Waals surface area contributed by atoms with E-state index in [1.165, 1.54) is 0 Å². The van der Waals surface area contributed by atoms with E-state index in [1.807, 2.05) is 12.1 Å². The first-order chi connectivity index (χ1) is 9.56. The standard InChI is InChI=1S/C15H20N4O/c1-11(2)7-9-17-15(20)14-8-10-19(18-14)13-5-3-12(16)4-6-13/h3-6,8,10-11H,7,9,16H2,1-2H3,(H,17,20). The van der Waals surface area contributed by atoms with Crippen molar-refractivity contribution in [2.45, 2.75) is 20.3 Å². The fraction of sp³-hybridized carbons (Fsp3) is 0.333. The van der Waals surface area contributed by atoms with Crippen molar-refractivity contribution >= 4 is 11.6 Å². The van der Waals surface area contributed by atoms with E-state index < -0.39 is 0 Å². The molecule has 0 radical (unpaired) electrons. The molecule has 2 aromatic rings. The second-order valence-corrected chi connectivity index (χ2v) is 5.18. The number of anilines is 1. The number of nitrogens with zero attached hydrogens (tertiary/aromatic N) is 2. The topological polar surface area (TPSA) is 72.9 Å². The summed E-state index contributed by atoms with van der Waals surface area (Å²) in [5.74, 6) is 0.433. The highest BCUT2D eigenvalue weighted by atomic mass is 16.1. The van der Waals surface area contributed by atoms with Gasteiger partial charge in [-0.2, -0.15) is 5.10 Å². The van der Waals surface area contributed by atoms with Crippen LogP contribution < -0.4 is 11.1 Å². The Bertz CT molecular complexity index is 572. The van der Waals surface area contributed by atoms with Crippen LogP contribution in [0.2, 0.25) is 0 Å². The average molecular weight is 272 g/mol. The maximum Gasteiger partial charge on any atom is 0.271 e. The molecule has 0 saturated heterocycles. The van der Waals surface area contributed by atoms with E-state index in [-0.39, 0.29) is 5.91 Å². The van der Waals surface area contributed by atoms with Crippen LogP contribution in [-0.4, -0.2) is 22.2 Å². The normalized spacial score (nSPS) is 10.8. The molecule has 0 fully saturated rings. The molecule has 1 heterocycles. The van der Waals surface area contributed by atoms with Gasteiger partial charge in [-0.05, 0) is 42.7 Å². The maximum atomic E-state index is 11.9. The van der Waals surface area contributed by atoms with E-state index in [2.05, 4.69) is 24.3 Å². The highest BCUT2D eigenvalue weighted by molar-refractivity contribution is 5.92. The number of carbonyl (C=O) groups is 1. The molecule has 1 amide bonds. The van der Waals surface area contributed by atoms with Crippen molar-refractivity contribution in [1.29, 1.82) is 0 Å². The third kappa shape index (κ3) is 3.60. The van der Waals surface area contributed by atoms with Crippen LogP contribution in [0.15, 0.2) is 36.5 Å². The molecule has 0 bridgehead atoms. The summed E-state index contributed by atoms with van der Waals surface area (Å²) in [6, 6.07) is 9.05. The molecule has 5 heteroatoms. The Morgan fingerprint density at radius 3 is 2.65 bits per heavy atom. The third-order valence-corrected chi connectivity index (χ3v) is 2.99. The number of nitrogens with one attached hydrogen (secondary N) is 1. The Morgan fingerprint density at radius 2 is 2.00 bits per heavy atom. The van der Waals surface area contributed by atoms with Crippen molar-refractivity contribution in [1.82, 2.24) is 15.1 Å². The molecule has 0 unspecified atom stereocenters. The highest BCUT2D eigenvalue weighted by Crippen LogP contribution is 2.10. The average Bonchev–Trinajstić information content (AvgIpc) is 2.88. The van der Waals surface area contributed by atoms with E-state index in [4.69, 9.17) is 5.73 Å². The molecular formula is C15H20N4O. The number of hydrogen-bond acceptors (Lipinski definition) is 3. The molecule has 1 aromatic carbocycles. The molecule has 0 atom stereocenters. The van der Waals surface area contributed by atoms with Gasteiger partial charge >= 0.3 is 0 Å². The number of carbonyl (C=O) groups excluding carboxylic acids is 1. The highest BCUT2D eigenvalue weighted by Gasteiger charge is 2.09.